The van der Waals surface area contributed by atoms with Gasteiger partial charge in [0.05, 0.1) is 39.9 Å². The van der Waals surface area contributed by atoms with E-state index in [1.54, 1.807) is 6.08 Å². The van der Waals surface area contributed by atoms with Gasteiger partial charge in [0, 0.05) is 6.42 Å². The number of allylic oxidation sites excluding steroid dienone is 17. The predicted octanol–water partition coefficient (Wildman–Crippen LogP) is 18.1. The summed E-state index contributed by atoms with van der Waals surface area (Å²) in [6.45, 7) is 4.50. The van der Waals surface area contributed by atoms with Crippen molar-refractivity contribution in [2.24, 2.45) is 0 Å². The zero-order chi connectivity index (χ0) is 54.2. The smallest absolute Gasteiger partial charge is 0.268 e. The normalized spacial score (nSPS) is 14.6. The van der Waals surface area contributed by atoms with E-state index >= 15 is 0 Å². The van der Waals surface area contributed by atoms with Crippen LogP contribution in [0.1, 0.15) is 245 Å². The summed E-state index contributed by atoms with van der Waals surface area (Å²) in [7, 11) is 1.22. The van der Waals surface area contributed by atoms with Gasteiger partial charge in [-0.15, -0.1) is 0 Å². The fraction of sp³-hybridized carbons (Fsp3) is 0.708. The summed E-state index contributed by atoms with van der Waals surface area (Å²) in [4.78, 5) is 25.5. The van der Waals surface area contributed by atoms with E-state index in [9.17, 15) is 19.4 Å². The Morgan fingerprint density at radius 1 is 0.486 bits per heavy atom. The van der Waals surface area contributed by atoms with Crippen LogP contribution in [0.15, 0.2) is 109 Å². The van der Waals surface area contributed by atoms with Gasteiger partial charge in [0.2, 0.25) is 5.91 Å². The largest absolute Gasteiger partial charge is 0.756 e. The number of phosphoric ester groups is 1. The summed E-state index contributed by atoms with van der Waals surface area (Å²) in [5.74, 6) is -0.229. The number of aliphatic hydroxyl groups excluding tert-OH is 1. The summed E-state index contributed by atoms with van der Waals surface area (Å²) < 4.78 is 23.3. The van der Waals surface area contributed by atoms with Gasteiger partial charge in [-0.25, -0.2) is 0 Å². The molecule has 0 radical (unpaired) electrons. The lowest BCUT2D eigenvalue weighted by molar-refractivity contribution is -0.870. The van der Waals surface area contributed by atoms with E-state index in [-0.39, 0.29) is 12.5 Å². The summed E-state index contributed by atoms with van der Waals surface area (Å²) in [5.41, 5.74) is 0. The van der Waals surface area contributed by atoms with Crippen molar-refractivity contribution < 1.29 is 32.9 Å². The van der Waals surface area contributed by atoms with Crippen molar-refractivity contribution in [2.45, 2.75) is 257 Å². The van der Waals surface area contributed by atoms with Crippen molar-refractivity contribution in [2.75, 3.05) is 40.9 Å². The molecule has 3 atom stereocenters. The van der Waals surface area contributed by atoms with Crippen molar-refractivity contribution in [3.63, 3.8) is 0 Å². The molecule has 426 valence electrons. The Hall–Kier alpha value is -2.84. The second kappa shape index (κ2) is 54.9. The van der Waals surface area contributed by atoms with Crippen LogP contribution in [0.5, 0.6) is 0 Å². The number of carbonyl (C=O) groups is 1. The molecule has 0 saturated carbocycles. The molecule has 74 heavy (non-hydrogen) atoms. The molecule has 0 saturated heterocycles. The van der Waals surface area contributed by atoms with Crippen molar-refractivity contribution in [3.8, 4) is 0 Å². The van der Waals surface area contributed by atoms with Crippen LogP contribution < -0.4 is 10.2 Å². The van der Waals surface area contributed by atoms with Crippen LogP contribution in [-0.4, -0.2) is 68.5 Å². The standard InChI is InChI=1S/C65H115N2O6P/c1-6-8-10-12-14-16-18-20-22-24-26-28-30-32-33-35-37-39-41-43-45-47-49-51-53-55-57-59-65(69)66-63(62-73-74(70,71)72-61-60-67(3,4)5)64(68)58-56-54-52-50-48-46-44-42-40-38-36-34-31-29-27-25-23-21-19-17-15-13-11-9-7-2/h8,10,14,16,20,22,26,28,32-33,37,39,43,45,48,50,56,58,63-64,68H,6-7,9,11-13,15,17-19,21,23-25,27,29-31,34-36,38,40-42,44,46-47,49,51-55,57,59-62H2,1-5H3,(H-,66,69,70,71)/b10-8-,16-14-,22-20-,28-26-,33-32-,39-37-,45-43-,50-48+,58-56+. The first-order valence-electron chi connectivity index (χ1n) is 30.2. The van der Waals surface area contributed by atoms with Crippen LogP contribution in [-0.2, 0) is 18.4 Å². The Bertz CT molecular complexity index is 1570. The molecule has 0 aliphatic rings. The monoisotopic (exact) mass is 1050 g/mol. The highest BCUT2D eigenvalue weighted by molar-refractivity contribution is 7.45. The van der Waals surface area contributed by atoms with E-state index in [0.717, 1.165) is 103 Å². The third-order valence-electron chi connectivity index (χ3n) is 13.0. The maximum Gasteiger partial charge on any atom is 0.268 e. The molecular formula is C65H115N2O6P. The van der Waals surface area contributed by atoms with E-state index in [2.05, 4.69) is 116 Å². The van der Waals surface area contributed by atoms with Gasteiger partial charge >= 0.3 is 0 Å². The number of hydrogen-bond acceptors (Lipinski definition) is 6. The first-order chi connectivity index (χ1) is 36.0. The van der Waals surface area contributed by atoms with E-state index < -0.39 is 26.6 Å². The predicted molar refractivity (Wildman–Crippen MR) is 320 cm³/mol. The zero-order valence-corrected chi connectivity index (χ0v) is 49.4. The highest BCUT2D eigenvalue weighted by atomic mass is 31.2. The lowest BCUT2D eigenvalue weighted by atomic mass is 10.0. The topological polar surface area (TPSA) is 108 Å². The van der Waals surface area contributed by atoms with Crippen molar-refractivity contribution in [1.82, 2.24) is 5.32 Å². The van der Waals surface area contributed by atoms with Crippen LogP contribution in [0.25, 0.3) is 0 Å². The number of likely N-dealkylation sites (N-methyl/N-ethyl adjacent to an activating group) is 1. The van der Waals surface area contributed by atoms with Crippen molar-refractivity contribution >= 4 is 13.7 Å². The highest BCUT2D eigenvalue weighted by Gasteiger charge is 2.23. The lowest BCUT2D eigenvalue weighted by Crippen LogP contribution is -2.45. The number of unbranched alkanes of at least 4 members (excludes halogenated alkanes) is 25. The molecule has 0 aliphatic carbocycles. The van der Waals surface area contributed by atoms with Gasteiger partial charge in [-0.2, -0.15) is 0 Å². The van der Waals surface area contributed by atoms with Crippen LogP contribution in [0.3, 0.4) is 0 Å². The molecule has 0 aromatic heterocycles. The van der Waals surface area contributed by atoms with Gasteiger partial charge in [-0.3, -0.25) is 9.36 Å². The maximum absolute atomic E-state index is 13.0. The molecule has 0 bridgehead atoms. The lowest BCUT2D eigenvalue weighted by Gasteiger charge is -2.29. The van der Waals surface area contributed by atoms with Gasteiger partial charge in [0.25, 0.3) is 7.82 Å². The number of aliphatic hydroxyl groups is 1. The maximum atomic E-state index is 13.0. The van der Waals surface area contributed by atoms with Crippen LogP contribution in [0.4, 0.5) is 0 Å². The third kappa shape index (κ3) is 56.9. The zero-order valence-electron chi connectivity index (χ0n) is 48.5. The first kappa shape index (κ1) is 71.2. The van der Waals surface area contributed by atoms with Crippen LogP contribution in [0, 0.1) is 0 Å². The second-order valence-electron chi connectivity index (χ2n) is 21.3. The molecule has 0 aromatic rings. The Labute approximate surface area is 457 Å². The number of rotatable bonds is 54. The van der Waals surface area contributed by atoms with Crippen LogP contribution in [0.2, 0.25) is 0 Å². The Balaban J connectivity index is 4.32. The minimum absolute atomic E-state index is 0.0164. The van der Waals surface area contributed by atoms with Crippen molar-refractivity contribution in [3.05, 3.63) is 109 Å². The van der Waals surface area contributed by atoms with Crippen molar-refractivity contribution in [1.29, 1.82) is 0 Å². The fourth-order valence-corrected chi connectivity index (χ4v) is 8.99. The molecule has 9 heteroatoms. The van der Waals surface area contributed by atoms with Gasteiger partial charge in [0.1, 0.15) is 13.2 Å². The Kier molecular flexibility index (Phi) is 52.8. The molecule has 0 rings (SSSR count). The Morgan fingerprint density at radius 3 is 1.26 bits per heavy atom. The number of amides is 1. The number of quaternary nitrogens is 1. The number of phosphoric acid groups is 1. The molecule has 0 heterocycles. The Morgan fingerprint density at radius 2 is 0.838 bits per heavy atom. The number of carbonyl (C=O) groups excluding carboxylic acids is 1. The summed E-state index contributed by atoms with van der Waals surface area (Å²) >= 11 is 0. The third-order valence-corrected chi connectivity index (χ3v) is 13.9. The van der Waals surface area contributed by atoms with E-state index in [0.29, 0.717) is 17.4 Å². The molecule has 0 aliphatic heterocycles. The van der Waals surface area contributed by atoms with E-state index in [1.165, 1.54) is 122 Å². The molecule has 0 fully saturated rings. The molecule has 3 unspecified atom stereocenters. The van der Waals surface area contributed by atoms with Gasteiger partial charge in [-0.05, 0) is 89.9 Å². The van der Waals surface area contributed by atoms with Crippen LogP contribution >= 0.6 is 7.82 Å². The van der Waals surface area contributed by atoms with Gasteiger partial charge in [-0.1, -0.05) is 258 Å². The molecule has 0 spiro atoms. The SMILES string of the molecule is CC/C=C\C/C=C\C/C=C\C/C=C\C/C=C\C/C=C\C/C=C\CCCCCCCC(=O)NC(COP(=O)([O-])OCC[N+](C)(C)C)C(O)/C=C/CC/C=C/CCCCCCCCCCCCCCCCCCCCC. The summed E-state index contributed by atoms with van der Waals surface area (Å²) in [6, 6.07) is -0.923. The average molecular weight is 1050 g/mol. The molecule has 1 amide bonds. The number of nitrogens with one attached hydrogen (secondary N) is 1. The van der Waals surface area contributed by atoms with Gasteiger partial charge in [0.15, 0.2) is 0 Å². The van der Waals surface area contributed by atoms with E-state index in [1.807, 2.05) is 27.2 Å². The summed E-state index contributed by atoms with van der Waals surface area (Å²) in [6.07, 6.45) is 80.3. The first-order valence-corrected chi connectivity index (χ1v) is 31.7. The number of nitrogens with zero attached hydrogens (tertiary/aromatic N) is 1. The molecule has 8 nitrogen and oxygen atoms in total. The fourth-order valence-electron chi connectivity index (χ4n) is 8.27. The minimum Gasteiger partial charge on any atom is -0.756 e. The molecular weight excluding hydrogens is 936 g/mol. The molecule has 2 N–H and O–H groups in total. The number of hydrogen-bond donors (Lipinski definition) is 2. The highest BCUT2D eigenvalue weighted by Crippen LogP contribution is 2.38. The minimum atomic E-state index is -4.62. The molecule has 0 aromatic carbocycles. The summed E-state index contributed by atoms with van der Waals surface area (Å²) in [5, 5.41) is 13.9. The van der Waals surface area contributed by atoms with E-state index in [4.69, 9.17) is 9.05 Å². The second-order valence-corrected chi connectivity index (χ2v) is 22.7. The average Bonchev–Trinajstić information content (AvgIpc) is 3.36. The van der Waals surface area contributed by atoms with Gasteiger partial charge < -0.3 is 28.8 Å². The quantitative estimate of drug-likeness (QED) is 0.0272.